The van der Waals surface area contributed by atoms with Crippen LogP contribution in [0.2, 0.25) is 0 Å². The Kier molecular flexibility index (Phi) is 4.72. The number of hydrogen-bond donors (Lipinski definition) is 1. The lowest BCUT2D eigenvalue weighted by Crippen LogP contribution is -2.35. The fourth-order valence-corrected chi connectivity index (χ4v) is 2.25. The van der Waals surface area contributed by atoms with Crippen LogP contribution in [0, 0.1) is 11.7 Å². The molecule has 0 bridgehead atoms. The summed E-state index contributed by atoms with van der Waals surface area (Å²) < 4.78 is 18.4. The van der Waals surface area contributed by atoms with Gasteiger partial charge in [-0.05, 0) is 50.3 Å². The molecule has 0 heterocycles. The fraction of sp³-hybridized carbons (Fsp3) is 0.600. The van der Waals surface area contributed by atoms with Crippen molar-refractivity contribution in [3.8, 4) is 0 Å². The second-order valence-electron chi connectivity index (χ2n) is 5.09. The molecule has 2 atom stereocenters. The van der Waals surface area contributed by atoms with Crippen molar-refractivity contribution >= 4 is 0 Å². The quantitative estimate of drug-likeness (QED) is 0.803. The topological polar surface area (TPSA) is 21.3 Å². The first-order chi connectivity index (χ1) is 8.70. The third-order valence-corrected chi connectivity index (χ3v) is 3.36. The third kappa shape index (κ3) is 3.79. The summed E-state index contributed by atoms with van der Waals surface area (Å²) in [7, 11) is 0. The highest BCUT2D eigenvalue weighted by molar-refractivity contribution is 5.22. The zero-order valence-corrected chi connectivity index (χ0v) is 11.2. The Labute approximate surface area is 109 Å². The molecule has 2 rings (SSSR count). The van der Waals surface area contributed by atoms with Gasteiger partial charge in [0.25, 0.3) is 0 Å². The summed E-state index contributed by atoms with van der Waals surface area (Å²) in [6.07, 6.45) is 2.52. The van der Waals surface area contributed by atoms with E-state index in [1.165, 1.54) is 18.4 Å². The Morgan fingerprint density at radius 3 is 2.56 bits per heavy atom. The SMILES string of the molecule is CCOCC(C)NC(c1ccc(F)cc1)C1CC1. The van der Waals surface area contributed by atoms with Crippen molar-refractivity contribution in [1.82, 2.24) is 5.32 Å². The van der Waals surface area contributed by atoms with Gasteiger partial charge in [0.1, 0.15) is 5.82 Å². The number of ether oxygens (including phenoxy) is 1. The third-order valence-electron chi connectivity index (χ3n) is 3.36. The van der Waals surface area contributed by atoms with Crippen molar-refractivity contribution in [3.05, 3.63) is 35.6 Å². The van der Waals surface area contributed by atoms with Crippen LogP contribution in [0.4, 0.5) is 4.39 Å². The van der Waals surface area contributed by atoms with Gasteiger partial charge in [-0.15, -0.1) is 0 Å². The van der Waals surface area contributed by atoms with Gasteiger partial charge in [-0.1, -0.05) is 12.1 Å². The van der Waals surface area contributed by atoms with Crippen LogP contribution in [0.5, 0.6) is 0 Å². The summed E-state index contributed by atoms with van der Waals surface area (Å²) >= 11 is 0. The van der Waals surface area contributed by atoms with Gasteiger partial charge in [-0.2, -0.15) is 0 Å². The van der Waals surface area contributed by atoms with Crippen molar-refractivity contribution < 1.29 is 9.13 Å². The molecule has 1 aliphatic carbocycles. The lowest BCUT2D eigenvalue weighted by atomic mass is 10.0. The zero-order valence-electron chi connectivity index (χ0n) is 11.2. The number of hydrogen-bond acceptors (Lipinski definition) is 2. The van der Waals surface area contributed by atoms with Gasteiger partial charge in [0, 0.05) is 18.7 Å². The summed E-state index contributed by atoms with van der Waals surface area (Å²) in [5.41, 5.74) is 1.18. The molecule has 0 saturated heterocycles. The molecule has 2 nitrogen and oxygen atoms in total. The summed E-state index contributed by atoms with van der Waals surface area (Å²) in [4.78, 5) is 0. The minimum atomic E-state index is -0.171. The Bertz CT molecular complexity index is 361. The van der Waals surface area contributed by atoms with Gasteiger partial charge >= 0.3 is 0 Å². The Morgan fingerprint density at radius 2 is 2.00 bits per heavy atom. The highest BCUT2D eigenvalue weighted by atomic mass is 19.1. The van der Waals surface area contributed by atoms with E-state index in [0.717, 1.165) is 13.2 Å². The molecule has 0 amide bonds. The van der Waals surface area contributed by atoms with E-state index in [-0.39, 0.29) is 5.82 Å². The largest absolute Gasteiger partial charge is 0.380 e. The highest BCUT2D eigenvalue weighted by Gasteiger charge is 2.32. The first kappa shape index (κ1) is 13.5. The van der Waals surface area contributed by atoms with Gasteiger partial charge in [-0.3, -0.25) is 0 Å². The molecule has 18 heavy (non-hydrogen) atoms. The van der Waals surface area contributed by atoms with Crippen LogP contribution in [-0.2, 0) is 4.74 Å². The van der Waals surface area contributed by atoms with Crippen molar-refractivity contribution in [1.29, 1.82) is 0 Å². The molecule has 1 fully saturated rings. The normalized spacial score (nSPS) is 18.6. The first-order valence-corrected chi connectivity index (χ1v) is 6.80. The highest BCUT2D eigenvalue weighted by Crippen LogP contribution is 2.41. The average Bonchev–Trinajstić information content (AvgIpc) is 3.19. The molecule has 1 saturated carbocycles. The van der Waals surface area contributed by atoms with Crippen LogP contribution in [0.1, 0.15) is 38.3 Å². The Hall–Kier alpha value is -0.930. The number of halogens is 1. The van der Waals surface area contributed by atoms with Crippen LogP contribution in [0.3, 0.4) is 0 Å². The van der Waals surface area contributed by atoms with E-state index < -0.39 is 0 Å². The molecule has 0 aromatic heterocycles. The average molecular weight is 251 g/mol. The molecule has 2 unspecified atom stereocenters. The molecule has 0 aliphatic heterocycles. The maximum absolute atomic E-state index is 13.0. The molecular formula is C15H22FNO. The van der Waals surface area contributed by atoms with E-state index in [0.29, 0.717) is 18.0 Å². The minimum Gasteiger partial charge on any atom is -0.380 e. The summed E-state index contributed by atoms with van der Waals surface area (Å²) in [5.74, 6) is 0.523. The molecule has 100 valence electrons. The lowest BCUT2D eigenvalue weighted by Gasteiger charge is -2.23. The molecule has 3 heteroatoms. The molecule has 1 N–H and O–H groups in total. The Morgan fingerprint density at radius 1 is 1.33 bits per heavy atom. The summed E-state index contributed by atoms with van der Waals surface area (Å²) in [5, 5.41) is 3.60. The van der Waals surface area contributed by atoms with Crippen molar-refractivity contribution in [2.24, 2.45) is 5.92 Å². The zero-order chi connectivity index (χ0) is 13.0. The molecule has 0 spiro atoms. The first-order valence-electron chi connectivity index (χ1n) is 6.80. The van der Waals surface area contributed by atoms with Gasteiger partial charge < -0.3 is 10.1 Å². The van der Waals surface area contributed by atoms with E-state index in [1.54, 1.807) is 12.1 Å². The van der Waals surface area contributed by atoms with E-state index in [2.05, 4.69) is 12.2 Å². The maximum Gasteiger partial charge on any atom is 0.123 e. The minimum absolute atomic E-state index is 0.171. The van der Waals surface area contributed by atoms with Gasteiger partial charge in [0.15, 0.2) is 0 Å². The molecule has 1 aliphatic rings. The van der Waals surface area contributed by atoms with Crippen LogP contribution in [-0.4, -0.2) is 19.3 Å². The van der Waals surface area contributed by atoms with Gasteiger partial charge in [-0.25, -0.2) is 4.39 Å². The number of rotatable bonds is 7. The standard InChI is InChI=1S/C15H22FNO/c1-3-18-10-11(2)17-15(12-4-5-12)13-6-8-14(16)9-7-13/h6-9,11-12,15,17H,3-5,10H2,1-2H3. The molecule has 1 aromatic rings. The van der Waals surface area contributed by atoms with Gasteiger partial charge in [0.05, 0.1) is 6.61 Å². The molecular weight excluding hydrogens is 229 g/mol. The second kappa shape index (κ2) is 6.30. The van der Waals surface area contributed by atoms with Crippen molar-refractivity contribution in [3.63, 3.8) is 0 Å². The fourth-order valence-electron chi connectivity index (χ4n) is 2.25. The van der Waals surface area contributed by atoms with Crippen molar-refractivity contribution in [2.75, 3.05) is 13.2 Å². The number of benzene rings is 1. The maximum atomic E-state index is 13.0. The van der Waals surface area contributed by atoms with E-state index in [4.69, 9.17) is 4.74 Å². The molecule has 0 radical (unpaired) electrons. The van der Waals surface area contributed by atoms with E-state index in [9.17, 15) is 4.39 Å². The van der Waals surface area contributed by atoms with Crippen LogP contribution in [0.15, 0.2) is 24.3 Å². The van der Waals surface area contributed by atoms with Crippen molar-refractivity contribution in [2.45, 2.75) is 38.8 Å². The Balaban J connectivity index is 1.97. The van der Waals surface area contributed by atoms with Gasteiger partial charge in [0.2, 0.25) is 0 Å². The van der Waals surface area contributed by atoms with Crippen LogP contribution in [0.25, 0.3) is 0 Å². The molecule has 1 aromatic carbocycles. The smallest absolute Gasteiger partial charge is 0.123 e. The van der Waals surface area contributed by atoms with Crippen LogP contribution < -0.4 is 5.32 Å². The summed E-state index contributed by atoms with van der Waals surface area (Å²) in [6, 6.07) is 7.51. The monoisotopic (exact) mass is 251 g/mol. The predicted octanol–water partition coefficient (Wildman–Crippen LogP) is 3.29. The van der Waals surface area contributed by atoms with E-state index >= 15 is 0 Å². The van der Waals surface area contributed by atoms with Crippen LogP contribution >= 0.6 is 0 Å². The summed E-state index contributed by atoms with van der Waals surface area (Å²) in [6.45, 7) is 5.61. The lowest BCUT2D eigenvalue weighted by molar-refractivity contribution is 0.122. The second-order valence-corrected chi connectivity index (χ2v) is 5.09. The predicted molar refractivity (Wildman–Crippen MR) is 71.0 cm³/mol. The van der Waals surface area contributed by atoms with E-state index in [1.807, 2.05) is 19.1 Å². The number of nitrogens with one attached hydrogen (secondary N) is 1.